The van der Waals surface area contributed by atoms with Crippen LogP contribution in [0.5, 0.6) is 0 Å². The highest BCUT2D eigenvalue weighted by Gasteiger charge is 2.15. The molecule has 0 unspecified atom stereocenters. The molecule has 0 aliphatic carbocycles. The second kappa shape index (κ2) is 4.07. The number of hydrogen-bond acceptors (Lipinski definition) is 4. The first-order valence-corrected chi connectivity index (χ1v) is 3.96. The van der Waals surface area contributed by atoms with Crippen molar-refractivity contribution in [2.24, 2.45) is 0 Å². The van der Waals surface area contributed by atoms with E-state index in [2.05, 4.69) is 4.98 Å². The Kier molecular flexibility index (Phi) is 3.03. The summed E-state index contributed by atoms with van der Waals surface area (Å²) in [7, 11) is 0. The van der Waals surface area contributed by atoms with Gasteiger partial charge in [-0.1, -0.05) is 0 Å². The molecule has 1 rings (SSSR count). The molecule has 0 spiro atoms. The lowest BCUT2D eigenvalue weighted by atomic mass is 10.1. The molecule has 0 radical (unpaired) electrons. The molecule has 0 aromatic carbocycles. The van der Waals surface area contributed by atoms with Crippen LogP contribution in [0, 0.1) is 0 Å². The van der Waals surface area contributed by atoms with Crippen LogP contribution in [0.25, 0.3) is 0 Å². The van der Waals surface area contributed by atoms with E-state index in [1.807, 2.05) is 0 Å². The predicted molar refractivity (Wildman–Crippen MR) is 49.4 cm³/mol. The number of anilines is 2. The van der Waals surface area contributed by atoms with Crippen molar-refractivity contribution in [3.8, 4) is 0 Å². The van der Waals surface area contributed by atoms with Crippen LogP contribution in [0.1, 0.15) is 17.7 Å². The van der Waals surface area contributed by atoms with Crippen LogP contribution in [-0.2, 0) is 11.2 Å². The number of rotatable bonds is 3. The second-order valence-electron chi connectivity index (χ2n) is 2.88. The first-order valence-electron chi connectivity index (χ1n) is 3.96. The standard InChI is InChI=1S/C8H9F2N3O2/c9-7(10)4-1-3(2-5(14)15)6(11)8(12)13-4/h1,7H,2,11H2,(H2,12,13)(H,14,15). The van der Waals surface area contributed by atoms with Gasteiger partial charge in [0.15, 0.2) is 0 Å². The van der Waals surface area contributed by atoms with Gasteiger partial charge in [-0.05, 0) is 11.6 Å². The summed E-state index contributed by atoms with van der Waals surface area (Å²) in [6.45, 7) is 0. The molecular formula is C8H9F2N3O2. The summed E-state index contributed by atoms with van der Waals surface area (Å²) in [5.41, 5.74) is 10.1. The number of aromatic nitrogens is 1. The lowest BCUT2D eigenvalue weighted by Gasteiger charge is -2.08. The molecular weight excluding hydrogens is 208 g/mol. The Bertz CT molecular complexity index is 396. The monoisotopic (exact) mass is 217 g/mol. The molecule has 5 nitrogen and oxygen atoms in total. The van der Waals surface area contributed by atoms with E-state index in [-0.39, 0.29) is 17.1 Å². The van der Waals surface area contributed by atoms with Gasteiger partial charge in [0.1, 0.15) is 11.5 Å². The van der Waals surface area contributed by atoms with E-state index >= 15 is 0 Å². The first-order chi connectivity index (χ1) is 6.91. The molecule has 0 saturated carbocycles. The van der Waals surface area contributed by atoms with Crippen LogP contribution >= 0.6 is 0 Å². The molecule has 15 heavy (non-hydrogen) atoms. The van der Waals surface area contributed by atoms with E-state index in [9.17, 15) is 13.6 Å². The fourth-order valence-corrected chi connectivity index (χ4v) is 1.07. The highest BCUT2D eigenvalue weighted by atomic mass is 19.3. The van der Waals surface area contributed by atoms with Gasteiger partial charge in [-0.3, -0.25) is 4.79 Å². The topological polar surface area (TPSA) is 102 Å². The van der Waals surface area contributed by atoms with E-state index in [1.165, 1.54) is 0 Å². The molecule has 7 heteroatoms. The third-order valence-corrected chi connectivity index (χ3v) is 1.76. The maximum atomic E-state index is 12.3. The number of nitrogens with two attached hydrogens (primary N) is 2. The number of hydrogen-bond donors (Lipinski definition) is 3. The van der Waals surface area contributed by atoms with E-state index < -0.39 is 24.5 Å². The van der Waals surface area contributed by atoms with Gasteiger partial charge in [-0.25, -0.2) is 13.8 Å². The Balaban J connectivity index is 3.18. The molecule has 0 bridgehead atoms. The summed E-state index contributed by atoms with van der Waals surface area (Å²) >= 11 is 0. The minimum Gasteiger partial charge on any atom is -0.481 e. The van der Waals surface area contributed by atoms with Crippen molar-refractivity contribution < 1.29 is 18.7 Å². The minimum atomic E-state index is -2.81. The average Bonchev–Trinajstić information content (AvgIpc) is 2.11. The molecule has 0 amide bonds. The lowest BCUT2D eigenvalue weighted by Crippen LogP contribution is -2.09. The zero-order valence-electron chi connectivity index (χ0n) is 7.58. The van der Waals surface area contributed by atoms with Crippen LogP contribution in [0.2, 0.25) is 0 Å². The summed E-state index contributed by atoms with van der Waals surface area (Å²) in [6.07, 6.45) is -3.27. The van der Waals surface area contributed by atoms with E-state index in [4.69, 9.17) is 16.6 Å². The third kappa shape index (κ3) is 2.52. The van der Waals surface area contributed by atoms with E-state index in [0.29, 0.717) is 0 Å². The smallest absolute Gasteiger partial charge is 0.307 e. The van der Waals surface area contributed by atoms with Crippen molar-refractivity contribution in [3.63, 3.8) is 0 Å². The van der Waals surface area contributed by atoms with Crippen molar-refractivity contribution in [2.45, 2.75) is 12.8 Å². The van der Waals surface area contributed by atoms with Crippen molar-refractivity contribution in [3.05, 3.63) is 17.3 Å². The summed E-state index contributed by atoms with van der Waals surface area (Å²) in [5, 5.41) is 8.51. The van der Waals surface area contributed by atoms with Crippen LogP contribution in [0.15, 0.2) is 6.07 Å². The highest BCUT2D eigenvalue weighted by molar-refractivity contribution is 5.75. The molecule has 1 aromatic heterocycles. The van der Waals surface area contributed by atoms with Crippen molar-refractivity contribution in [1.29, 1.82) is 0 Å². The van der Waals surface area contributed by atoms with E-state index in [1.54, 1.807) is 0 Å². The molecule has 5 N–H and O–H groups in total. The largest absolute Gasteiger partial charge is 0.481 e. The van der Waals surface area contributed by atoms with Gasteiger partial charge in [0, 0.05) is 0 Å². The predicted octanol–water partition coefficient (Wildman–Crippen LogP) is 0.811. The molecule has 82 valence electrons. The Hall–Kier alpha value is -1.92. The van der Waals surface area contributed by atoms with Gasteiger partial charge in [0.2, 0.25) is 0 Å². The van der Waals surface area contributed by atoms with Gasteiger partial charge in [0.25, 0.3) is 6.43 Å². The summed E-state index contributed by atoms with van der Waals surface area (Å²) in [6, 6.07) is 0.949. The average molecular weight is 217 g/mol. The van der Waals surface area contributed by atoms with Gasteiger partial charge in [0.05, 0.1) is 12.1 Å². The number of pyridine rings is 1. The Morgan fingerprint density at radius 1 is 1.53 bits per heavy atom. The Morgan fingerprint density at radius 3 is 2.60 bits per heavy atom. The van der Waals surface area contributed by atoms with Crippen LogP contribution in [0.3, 0.4) is 0 Å². The zero-order valence-corrected chi connectivity index (χ0v) is 7.58. The van der Waals surface area contributed by atoms with E-state index in [0.717, 1.165) is 6.07 Å². The fourth-order valence-electron chi connectivity index (χ4n) is 1.07. The maximum Gasteiger partial charge on any atom is 0.307 e. The number of alkyl halides is 2. The Morgan fingerprint density at radius 2 is 2.13 bits per heavy atom. The number of carboxylic acid groups (broad SMARTS) is 1. The van der Waals surface area contributed by atoms with Gasteiger partial charge in [-0.2, -0.15) is 0 Å². The number of halogens is 2. The molecule has 0 atom stereocenters. The number of carboxylic acids is 1. The molecule has 1 heterocycles. The molecule has 0 fully saturated rings. The molecule has 0 saturated heterocycles. The third-order valence-electron chi connectivity index (χ3n) is 1.76. The van der Waals surface area contributed by atoms with Crippen molar-refractivity contribution in [1.82, 2.24) is 4.98 Å². The first kappa shape index (κ1) is 11.2. The SMILES string of the molecule is Nc1nc(C(F)F)cc(CC(=O)O)c1N. The summed E-state index contributed by atoms with van der Waals surface area (Å²) < 4.78 is 24.6. The normalized spacial score (nSPS) is 10.6. The summed E-state index contributed by atoms with van der Waals surface area (Å²) in [5.74, 6) is -1.45. The minimum absolute atomic E-state index is 0.0466. The Labute approximate surface area is 83.7 Å². The van der Waals surface area contributed by atoms with Crippen LogP contribution in [0.4, 0.5) is 20.3 Å². The molecule has 0 aliphatic rings. The summed E-state index contributed by atoms with van der Waals surface area (Å²) in [4.78, 5) is 13.8. The van der Waals surface area contributed by atoms with Gasteiger partial charge >= 0.3 is 5.97 Å². The van der Waals surface area contributed by atoms with Crippen molar-refractivity contribution >= 4 is 17.5 Å². The zero-order chi connectivity index (χ0) is 11.6. The number of nitrogen functional groups attached to an aromatic ring is 2. The molecule has 0 aliphatic heterocycles. The number of aliphatic carboxylic acids is 1. The number of nitrogens with zero attached hydrogens (tertiary/aromatic N) is 1. The maximum absolute atomic E-state index is 12.3. The van der Waals surface area contributed by atoms with Crippen molar-refractivity contribution in [2.75, 3.05) is 11.5 Å². The number of carbonyl (C=O) groups is 1. The van der Waals surface area contributed by atoms with Gasteiger partial charge in [-0.15, -0.1) is 0 Å². The quantitative estimate of drug-likeness (QED) is 0.695. The fraction of sp³-hybridized carbons (Fsp3) is 0.250. The molecule has 1 aromatic rings. The lowest BCUT2D eigenvalue weighted by molar-refractivity contribution is -0.136. The van der Waals surface area contributed by atoms with Crippen LogP contribution in [-0.4, -0.2) is 16.1 Å². The highest BCUT2D eigenvalue weighted by Crippen LogP contribution is 2.25. The van der Waals surface area contributed by atoms with Crippen LogP contribution < -0.4 is 11.5 Å². The van der Waals surface area contributed by atoms with Gasteiger partial charge < -0.3 is 16.6 Å². The second-order valence-corrected chi connectivity index (χ2v) is 2.88.